The van der Waals surface area contributed by atoms with Crippen molar-refractivity contribution >= 4 is 27.5 Å². The highest BCUT2D eigenvalue weighted by Crippen LogP contribution is 2.35. The molecule has 20 heavy (non-hydrogen) atoms. The fraction of sp³-hybridized carbons (Fsp3) is 0.462. The van der Waals surface area contributed by atoms with Crippen molar-refractivity contribution < 1.29 is 9.18 Å². The summed E-state index contributed by atoms with van der Waals surface area (Å²) in [6, 6.07) is 0. The minimum Gasteiger partial charge on any atom is -0.365 e. The number of alkyl halides is 1. The highest BCUT2D eigenvalue weighted by Gasteiger charge is 2.25. The van der Waals surface area contributed by atoms with Gasteiger partial charge in [-0.25, -0.2) is 9.37 Å². The number of aromatic nitrogens is 2. The third-order valence-electron chi connectivity index (χ3n) is 3.72. The van der Waals surface area contributed by atoms with Crippen molar-refractivity contribution in [2.24, 2.45) is 11.7 Å². The van der Waals surface area contributed by atoms with E-state index >= 15 is 0 Å². The Labute approximate surface area is 118 Å². The number of nitrogens with two attached hydrogens (primary N) is 1. The first kappa shape index (κ1) is 13.2. The van der Waals surface area contributed by atoms with Crippen molar-refractivity contribution in [1.82, 2.24) is 9.55 Å². The van der Waals surface area contributed by atoms with Crippen LogP contribution in [-0.4, -0.2) is 15.5 Å². The van der Waals surface area contributed by atoms with Crippen molar-refractivity contribution in [3.05, 3.63) is 27.1 Å². The minimum atomic E-state index is -2.17. The minimum absolute atomic E-state index is 0.448. The Kier molecular flexibility index (Phi) is 3.08. The Morgan fingerprint density at radius 1 is 1.65 bits per heavy atom. The molecular formula is C13H14FN3O2S. The van der Waals surface area contributed by atoms with E-state index in [1.54, 1.807) is 0 Å². The van der Waals surface area contributed by atoms with Gasteiger partial charge in [0.25, 0.3) is 17.8 Å². The fourth-order valence-electron chi connectivity index (χ4n) is 2.64. The smallest absolute Gasteiger partial charge is 0.273 e. The molecule has 0 aromatic carbocycles. The van der Waals surface area contributed by atoms with Gasteiger partial charge in [0.05, 0.1) is 5.39 Å². The van der Waals surface area contributed by atoms with Crippen LogP contribution in [0, 0.1) is 5.92 Å². The van der Waals surface area contributed by atoms with Gasteiger partial charge in [0.1, 0.15) is 11.2 Å². The average Bonchev–Trinajstić information content (AvgIpc) is 2.76. The molecule has 0 saturated carbocycles. The van der Waals surface area contributed by atoms with Crippen LogP contribution in [0.5, 0.6) is 0 Å². The van der Waals surface area contributed by atoms with E-state index < -0.39 is 17.8 Å². The second-order valence-electron chi connectivity index (χ2n) is 5.23. The average molecular weight is 295 g/mol. The maximum absolute atomic E-state index is 13.7. The van der Waals surface area contributed by atoms with Gasteiger partial charge >= 0.3 is 0 Å². The van der Waals surface area contributed by atoms with Gasteiger partial charge in [0.2, 0.25) is 0 Å². The summed E-state index contributed by atoms with van der Waals surface area (Å²) in [4.78, 5) is 29.2. The zero-order valence-electron chi connectivity index (χ0n) is 10.9. The maximum Gasteiger partial charge on any atom is 0.273 e. The van der Waals surface area contributed by atoms with Crippen molar-refractivity contribution in [2.75, 3.05) is 0 Å². The van der Waals surface area contributed by atoms with E-state index in [-0.39, 0.29) is 0 Å². The van der Waals surface area contributed by atoms with Gasteiger partial charge in [-0.15, -0.1) is 11.3 Å². The van der Waals surface area contributed by atoms with Gasteiger partial charge in [-0.05, 0) is 30.7 Å². The molecule has 1 aliphatic carbocycles. The molecule has 3 rings (SSSR count). The Morgan fingerprint density at radius 3 is 3.10 bits per heavy atom. The Bertz CT molecular complexity index is 752. The lowest BCUT2D eigenvalue weighted by Gasteiger charge is -2.17. The van der Waals surface area contributed by atoms with Crippen molar-refractivity contribution in [3.63, 3.8) is 0 Å². The van der Waals surface area contributed by atoms with Gasteiger partial charge in [-0.1, -0.05) is 6.92 Å². The predicted molar refractivity (Wildman–Crippen MR) is 74.4 cm³/mol. The Morgan fingerprint density at radius 2 is 2.40 bits per heavy atom. The molecule has 2 atom stereocenters. The molecule has 2 aromatic heterocycles. The number of thiophene rings is 1. The number of amides is 1. The summed E-state index contributed by atoms with van der Waals surface area (Å²) in [6.45, 7) is 2.17. The number of hydrogen-bond donors (Lipinski definition) is 1. The van der Waals surface area contributed by atoms with E-state index in [1.165, 1.54) is 11.3 Å². The highest BCUT2D eigenvalue weighted by molar-refractivity contribution is 7.18. The quantitative estimate of drug-likeness (QED) is 0.912. The summed E-state index contributed by atoms with van der Waals surface area (Å²) >= 11 is 1.48. The van der Waals surface area contributed by atoms with E-state index in [9.17, 15) is 14.0 Å². The molecular weight excluding hydrogens is 281 g/mol. The predicted octanol–water partition coefficient (Wildman–Crippen LogP) is 1.54. The number of primary amides is 1. The second kappa shape index (κ2) is 4.66. The molecule has 2 unspecified atom stereocenters. The maximum atomic E-state index is 13.7. The number of halogens is 1. The van der Waals surface area contributed by atoms with Crippen LogP contribution >= 0.6 is 11.3 Å². The van der Waals surface area contributed by atoms with Gasteiger partial charge in [-0.2, -0.15) is 0 Å². The molecule has 1 aliphatic rings. The lowest BCUT2D eigenvalue weighted by Crippen LogP contribution is -2.31. The van der Waals surface area contributed by atoms with E-state index in [0.717, 1.165) is 36.0 Å². The summed E-state index contributed by atoms with van der Waals surface area (Å²) < 4.78 is 14.4. The van der Waals surface area contributed by atoms with Crippen molar-refractivity contribution in [3.8, 4) is 0 Å². The van der Waals surface area contributed by atoms with Crippen molar-refractivity contribution in [2.45, 2.75) is 32.5 Å². The zero-order chi connectivity index (χ0) is 14.4. The Balaban J connectivity index is 2.23. The first-order chi connectivity index (χ1) is 9.49. The molecule has 1 amide bonds. The molecule has 106 valence electrons. The van der Waals surface area contributed by atoms with Crippen LogP contribution in [0.1, 0.15) is 30.1 Å². The SMILES string of the molecule is CC1CCc2c(sc3ncn(C(F)C(N)=O)c(=O)c23)C1. The van der Waals surface area contributed by atoms with Crippen LogP contribution in [0.4, 0.5) is 4.39 Å². The molecule has 2 heterocycles. The third-order valence-corrected chi connectivity index (χ3v) is 4.88. The molecule has 0 fully saturated rings. The monoisotopic (exact) mass is 295 g/mol. The molecule has 7 heteroatoms. The number of fused-ring (bicyclic) bond motifs is 3. The van der Waals surface area contributed by atoms with Gasteiger partial charge in [-0.3, -0.25) is 14.2 Å². The van der Waals surface area contributed by atoms with Gasteiger partial charge < -0.3 is 5.73 Å². The number of carbonyl (C=O) groups excluding carboxylic acids is 1. The van der Waals surface area contributed by atoms with Crippen LogP contribution in [0.15, 0.2) is 11.1 Å². The first-order valence-corrected chi connectivity index (χ1v) is 7.25. The topological polar surface area (TPSA) is 78.0 Å². The number of rotatable bonds is 2. The van der Waals surface area contributed by atoms with Gasteiger partial charge in [0, 0.05) is 4.88 Å². The lowest BCUT2D eigenvalue weighted by molar-refractivity contribution is -0.125. The molecule has 2 N–H and O–H groups in total. The summed E-state index contributed by atoms with van der Waals surface area (Å²) in [5, 5.41) is 0.448. The largest absolute Gasteiger partial charge is 0.365 e. The van der Waals surface area contributed by atoms with Crippen LogP contribution < -0.4 is 11.3 Å². The van der Waals surface area contributed by atoms with E-state index in [0.29, 0.717) is 20.7 Å². The summed E-state index contributed by atoms with van der Waals surface area (Å²) in [6.07, 6.45) is 1.61. The first-order valence-electron chi connectivity index (χ1n) is 6.43. The molecule has 0 aliphatic heterocycles. The molecule has 0 radical (unpaired) electrons. The van der Waals surface area contributed by atoms with Crippen LogP contribution in [0.2, 0.25) is 0 Å². The molecule has 0 spiro atoms. The zero-order valence-corrected chi connectivity index (χ0v) is 11.7. The van der Waals surface area contributed by atoms with Crippen LogP contribution in [-0.2, 0) is 17.6 Å². The summed E-state index contributed by atoms with van der Waals surface area (Å²) in [7, 11) is 0. The number of nitrogens with zero attached hydrogens (tertiary/aromatic N) is 2. The standard InChI is InChI=1S/C13H14FN3O2S/c1-6-2-3-7-8(4-6)20-12-9(7)13(19)17(5-16-12)10(14)11(15)18/h5-6,10H,2-4H2,1H3,(H2,15,18). The highest BCUT2D eigenvalue weighted by atomic mass is 32.1. The van der Waals surface area contributed by atoms with Crippen LogP contribution in [0.3, 0.4) is 0 Å². The lowest BCUT2D eigenvalue weighted by atomic mass is 9.89. The molecule has 0 bridgehead atoms. The number of hydrogen-bond acceptors (Lipinski definition) is 4. The second-order valence-corrected chi connectivity index (χ2v) is 6.31. The fourth-order valence-corrected chi connectivity index (χ4v) is 3.98. The summed E-state index contributed by atoms with van der Waals surface area (Å²) in [5.74, 6) is -0.608. The summed E-state index contributed by atoms with van der Waals surface area (Å²) in [5.41, 5.74) is 5.36. The van der Waals surface area contributed by atoms with E-state index in [4.69, 9.17) is 5.73 Å². The van der Waals surface area contributed by atoms with E-state index in [2.05, 4.69) is 11.9 Å². The normalized spacial score (nSPS) is 19.8. The van der Waals surface area contributed by atoms with Gasteiger partial charge in [0.15, 0.2) is 0 Å². The number of carbonyl (C=O) groups is 1. The molecule has 5 nitrogen and oxygen atoms in total. The third kappa shape index (κ3) is 1.93. The Hall–Kier alpha value is -1.76. The van der Waals surface area contributed by atoms with Crippen molar-refractivity contribution in [1.29, 1.82) is 0 Å². The van der Waals surface area contributed by atoms with E-state index in [1.807, 2.05) is 0 Å². The molecule has 2 aromatic rings. The molecule has 0 saturated heterocycles. The number of aryl methyl sites for hydroxylation is 1. The van der Waals surface area contributed by atoms with Crippen LogP contribution in [0.25, 0.3) is 10.2 Å².